The largest absolute Gasteiger partial charge is 0.417 e. The van der Waals surface area contributed by atoms with Crippen LogP contribution >= 0.6 is 11.6 Å². The molecule has 2 saturated heterocycles. The van der Waals surface area contributed by atoms with E-state index in [1.807, 2.05) is 23.9 Å². The molecule has 0 aromatic carbocycles. The lowest BCUT2D eigenvalue weighted by molar-refractivity contribution is -0.138. The van der Waals surface area contributed by atoms with E-state index in [4.69, 9.17) is 11.6 Å². The van der Waals surface area contributed by atoms with E-state index < -0.39 is 11.7 Å². The van der Waals surface area contributed by atoms with Crippen molar-refractivity contribution in [3.05, 3.63) is 22.8 Å². The summed E-state index contributed by atoms with van der Waals surface area (Å²) >= 11 is 6.05. The fourth-order valence-corrected chi connectivity index (χ4v) is 4.28. The summed E-state index contributed by atoms with van der Waals surface area (Å²) in [4.78, 5) is 22.8. The smallest absolute Gasteiger partial charge is 0.355 e. The number of piperidine rings is 2. The Hall–Kier alpha value is -1.54. The van der Waals surface area contributed by atoms with Crippen molar-refractivity contribution in [1.29, 1.82) is 0 Å². The zero-order valence-corrected chi connectivity index (χ0v) is 16.9. The monoisotopic (exact) mass is 418 g/mol. The van der Waals surface area contributed by atoms with Crippen molar-refractivity contribution in [3.63, 3.8) is 0 Å². The molecule has 28 heavy (non-hydrogen) atoms. The third-order valence-corrected chi connectivity index (χ3v) is 6.01. The van der Waals surface area contributed by atoms with Crippen LogP contribution in [0.3, 0.4) is 0 Å². The van der Waals surface area contributed by atoms with E-state index in [0.717, 1.165) is 38.2 Å². The summed E-state index contributed by atoms with van der Waals surface area (Å²) < 4.78 is 38.3. The molecule has 0 N–H and O–H groups in total. The summed E-state index contributed by atoms with van der Waals surface area (Å²) in [6.07, 6.45) is -0.227. The molecule has 1 aromatic rings. The minimum atomic E-state index is -4.46. The van der Waals surface area contributed by atoms with Gasteiger partial charge in [0.15, 0.2) is 0 Å². The summed E-state index contributed by atoms with van der Waals surface area (Å²) in [5, 5.41) is -0.00976. The van der Waals surface area contributed by atoms with Crippen molar-refractivity contribution < 1.29 is 18.0 Å². The van der Waals surface area contributed by atoms with Crippen LogP contribution in [0.4, 0.5) is 19.0 Å². The molecule has 3 heterocycles. The maximum Gasteiger partial charge on any atom is 0.417 e. The average molecular weight is 419 g/mol. The first-order valence-electron chi connectivity index (χ1n) is 9.59. The summed E-state index contributed by atoms with van der Waals surface area (Å²) in [6.45, 7) is 2.67. The van der Waals surface area contributed by atoms with E-state index in [1.54, 1.807) is 0 Å². The highest BCUT2D eigenvalue weighted by Crippen LogP contribution is 2.35. The topological polar surface area (TPSA) is 39.7 Å². The first-order chi connectivity index (χ1) is 13.2. The molecule has 5 nitrogen and oxygen atoms in total. The second-order valence-electron chi connectivity index (χ2n) is 7.83. The van der Waals surface area contributed by atoms with E-state index in [-0.39, 0.29) is 16.8 Å². The van der Waals surface area contributed by atoms with Gasteiger partial charge in [-0.25, -0.2) is 4.98 Å². The van der Waals surface area contributed by atoms with E-state index in [2.05, 4.69) is 9.88 Å². The zero-order valence-electron chi connectivity index (χ0n) is 16.2. The van der Waals surface area contributed by atoms with Crippen molar-refractivity contribution in [2.75, 3.05) is 45.2 Å². The Bertz CT molecular complexity index is 705. The lowest BCUT2D eigenvalue weighted by Crippen LogP contribution is -2.50. The minimum absolute atomic E-state index is 0.00976. The molecule has 156 valence electrons. The predicted octanol–water partition coefficient (Wildman–Crippen LogP) is 3.52. The second-order valence-corrected chi connectivity index (χ2v) is 8.24. The molecule has 2 aliphatic heterocycles. The maximum absolute atomic E-state index is 12.9. The molecule has 1 amide bonds. The number of rotatable bonds is 3. The number of amides is 1. The Balaban J connectivity index is 1.59. The van der Waals surface area contributed by atoms with Crippen molar-refractivity contribution in [3.8, 4) is 0 Å². The van der Waals surface area contributed by atoms with Crippen LogP contribution in [0.25, 0.3) is 0 Å². The van der Waals surface area contributed by atoms with Gasteiger partial charge in [-0.2, -0.15) is 13.2 Å². The quantitative estimate of drug-likeness (QED) is 0.753. The van der Waals surface area contributed by atoms with Gasteiger partial charge in [-0.15, -0.1) is 0 Å². The standard InChI is InChI=1S/C19H26ClF3N4O/c1-25(2)15-4-3-7-27(12-15)18(28)13-5-8-26(9-6-13)17-16(20)10-14(11-24-17)19(21,22)23/h10-11,13,15H,3-9,12H2,1-2H3. The molecule has 0 saturated carbocycles. The van der Waals surface area contributed by atoms with Crippen molar-refractivity contribution in [1.82, 2.24) is 14.8 Å². The summed E-state index contributed by atoms with van der Waals surface area (Å²) in [6, 6.07) is 1.31. The summed E-state index contributed by atoms with van der Waals surface area (Å²) in [5.74, 6) is 0.495. The Labute approximate surface area is 168 Å². The first kappa shape index (κ1) is 21.2. The number of hydrogen-bond donors (Lipinski definition) is 0. The Morgan fingerprint density at radius 3 is 2.46 bits per heavy atom. The number of likely N-dealkylation sites (N-methyl/N-ethyl adjacent to an activating group) is 1. The molecule has 1 unspecified atom stereocenters. The lowest BCUT2D eigenvalue weighted by Gasteiger charge is -2.39. The van der Waals surface area contributed by atoms with Crippen LogP contribution < -0.4 is 4.90 Å². The van der Waals surface area contributed by atoms with Crippen LogP contribution in [0.5, 0.6) is 0 Å². The lowest BCUT2D eigenvalue weighted by atomic mass is 9.93. The van der Waals surface area contributed by atoms with Gasteiger partial charge in [-0.3, -0.25) is 4.79 Å². The van der Waals surface area contributed by atoms with Crippen LogP contribution in [-0.4, -0.2) is 67.0 Å². The molecule has 0 bridgehead atoms. The van der Waals surface area contributed by atoms with Gasteiger partial charge in [0.05, 0.1) is 10.6 Å². The van der Waals surface area contributed by atoms with E-state index >= 15 is 0 Å². The van der Waals surface area contributed by atoms with Crippen LogP contribution in [0.15, 0.2) is 12.3 Å². The second kappa shape index (κ2) is 8.45. The average Bonchev–Trinajstić information content (AvgIpc) is 2.67. The molecule has 0 radical (unpaired) electrons. The van der Waals surface area contributed by atoms with Crippen LogP contribution in [-0.2, 0) is 11.0 Å². The number of likely N-dealkylation sites (tertiary alicyclic amines) is 1. The number of aromatic nitrogens is 1. The van der Waals surface area contributed by atoms with E-state index in [0.29, 0.717) is 37.8 Å². The Morgan fingerprint density at radius 2 is 1.89 bits per heavy atom. The third-order valence-electron chi connectivity index (χ3n) is 5.73. The highest BCUT2D eigenvalue weighted by Gasteiger charge is 2.34. The van der Waals surface area contributed by atoms with Gasteiger partial charge in [-0.1, -0.05) is 11.6 Å². The zero-order chi connectivity index (χ0) is 20.5. The highest BCUT2D eigenvalue weighted by atomic mass is 35.5. The van der Waals surface area contributed by atoms with Gasteiger partial charge in [0, 0.05) is 44.3 Å². The molecule has 2 aliphatic rings. The molecule has 2 fully saturated rings. The van der Waals surface area contributed by atoms with Gasteiger partial charge in [0.2, 0.25) is 5.91 Å². The normalized spacial score (nSPS) is 22.0. The predicted molar refractivity (Wildman–Crippen MR) is 102 cm³/mol. The van der Waals surface area contributed by atoms with Crippen molar-refractivity contribution >= 4 is 23.3 Å². The maximum atomic E-state index is 12.9. The number of carbonyl (C=O) groups is 1. The van der Waals surface area contributed by atoms with E-state index in [9.17, 15) is 18.0 Å². The molecule has 1 aromatic heterocycles. The molecule has 0 aliphatic carbocycles. The van der Waals surface area contributed by atoms with Gasteiger partial charge >= 0.3 is 6.18 Å². The van der Waals surface area contributed by atoms with Crippen molar-refractivity contribution in [2.45, 2.75) is 37.9 Å². The number of halogens is 4. The fourth-order valence-electron chi connectivity index (χ4n) is 3.99. The third kappa shape index (κ3) is 4.71. The number of hydrogen-bond acceptors (Lipinski definition) is 4. The van der Waals surface area contributed by atoms with Crippen LogP contribution in [0.1, 0.15) is 31.2 Å². The first-order valence-corrected chi connectivity index (χ1v) is 9.97. The summed E-state index contributed by atoms with van der Waals surface area (Å²) in [5.41, 5.74) is -0.855. The molecule has 9 heteroatoms. The number of alkyl halides is 3. The fraction of sp³-hybridized carbons (Fsp3) is 0.684. The summed E-state index contributed by atoms with van der Waals surface area (Å²) in [7, 11) is 4.08. The number of pyridine rings is 1. The van der Waals surface area contributed by atoms with Gasteiger partial charge < -0.3 is 14.7 Å². The Morgan fingerprint density at radius 1 is 1.21 bits per heavy atom. The highest BCUT2D eigenvalue weighted by molar-refractivity contribution is 6.33. The van der Waals surface area contributed by atoms with Gasteiger partial charge in [0.1, 0.15) is 5.82 Å². The van der Waals surface area contributed by atoms with Crippen molar-refractivity contribution in [2.24, 2.45) is 5.92 Å². The van der Waals surface area contributed by atoms with Crippen LogP contribution in [0.2, 0.25) is 5.02 Å². The van der Waals surface area contributed by atoms with Gasteiger partial charge in [-0.05, 0) is 45.8 Å². The molecular formula is C19H26ClF3N4O. The SMILES string of the molecule is CN(C)C1CCCN(C(=O)C2CCN(c3ncc(C(F)(F)F)cc3Cl)CC2)C1. The molecular weight excluding hydrogens is 393 g/mol. The van der Waals surface area contributed by atoms with Crippen LogP contribution in [0, 0.1) is 5.92 Å². The number of anilines is 1. The van der Waals surface area contributed by atoms with Gasteiger partial charge in [0.25, 0.3) is 0 Å². The van der Waals surface area contributed by atoms with E-state index in [1.165, 1.54) is 0 Å². The number of nitrogens with zero attached hydrogens (tertiary/aromatic N) is 4. The molecule has 3 rings (SSSR count). The molecule has 0 spiro atoms. The molecule has 1 atom stereocenters. The number of carbonyl (C=O) groups excluding carboxylic acids is 1. The minimum Gasteiger partial charge on any atom is -0.355 e. The Kier molecular flexibility index (Phi) is 6.39.